The quantitative estimate of drug-likeness (QED) is 0.749. The number of carbonyl (C=O) groups is 1. The molecule has 5 heteroatoms. The van der Waals surface area contributed by atoms with Crippen LogP contribution in [0.1, 0.15) is 38.4 Å². The molecule has 0 bridgehead atoms. The van der Waals surface area contributed by atoms with Gasteiger partial charge < -0.3 is 9.53 Å². The van der Waals surface area contributed by atoms with Gasteiger partial charge in [-0.15, -0.1) is 0 Å². The third-order valence-electron chi connectivity index (χ3n) is 5.44. The van der Waals surface area contributed by atoms with Gasteiger partial charge >= 0.3 is 0 Å². The Morgan fingerprint density at radius 2 is 2.14 bits per heavy atom. The Bertz CT molecular complexity index is 736. The topological polar surface area (TPSA) is 48.5 Å². The fourth-order valence-corrected chi connectivity index (χ4v) is 4.42. The van der Waals surface area contributed by atoms with Gasteiger partial charge in [0, 0.05) is 23.4 Å². The summed E-state index contributed by atoms with van der Waals surface area (Å²) in [6, 6.07) is 0. The predicted octanol–water partition coefficient (Wildman–Crippen LogP) is 2.66. The number of fused-ring (bicyclic) bond motifs is 3. The van der Waals surface area contributed by atoms with Crippen LogP contribution in [0.5, 0.6) is 5.88 Å². The Hall–Kier alpha value is -2.09. The minimum atomic E-state index is -0.550. The van der Waals surface area contributed by atoms with Gasteiger partial charge in [0.15, 0.2) is 5.78 Å². The van der Waals surface area contributed by atoms with Gasteiger partial charge in [-0.2, -0.15) is 5.10 Å². The summed E-state index contributed by atoms with van der Waals surface area (Å²) >= 11 is 0. The van der Waals surface area contributed by atoms with Crippen molar-refractivity contribution in [3.05, 3.63) is 34.4 Å². The average molecular weight is 299 g/mol. The maximum Gasteiger partial charge on any atom is 0.226 e. The Balaban J connectivity index is 2.29. The number of Topliss-reactive ketones (excluding diaryl/α,β-unsaturated/α-hetero) is 1. The Labute approximate surface area is 130 Å². The molecular formula is C17H21N3O2. The molecule has 0 aliphatic heterocycles. The van der Waals surface area contributed by atoms with E-state index in [4.69, 9.17) is 11.3 Å². The van der Waals surface area contributed by atoms with Crippen molar-refractivity contribution >= 4 is 5.78 Å². The van der Waals surface area contributed by atoms with Crippen molar-refractivity contribution in [1.29, 1.82) is 0 Å². The molecule has 0 aromatic carbocycles. The zero-order chi connectivity index (χ0) is 16.3. The van der Waals surface area contributed by atoms with Crippen molar-refractivity contribution in [2.45, 2.75) is 39.0 Å². The molecule has 0 spiro atoms. The van der Waals surface area contributed by atoms with Crippen LogP contribution in [0, 0.1) is 17.9 Å². The van der Waals surface area contributed by atoms with E-state index in [2.05, 4.69) is 16.9 Å². The summed E-state index contributed by atoms with van der Waals surface area (Å²) in [6.45, 7) is 13.4. The van der Waals surface area contributed by atoms with Gasteiger partial charge in [-0.25, -0.2) is 9.53 Å². The number of hydrogen-bond donors (Lipinski definition) is 0. The summed E-state index contributed by atoms with van der Waals surface area (Å²) in [5.74, 6) is 0.878. The Morgan fingerprint density at radius 1 is 1.45 bits per heavy atom. The summed E-state index contributed by atoms with van der Waals surface area (Å²) in [6.07, 6.45) is 3.58. The first kappa shape index (κ1) is 14.8. The van der Waals surface area contributed by atoms with Crippen molar-refractivity contribution in [2.24, 2.45) is 18.4 Å². The number of aryl methyl sites for hydroxylation is 1. The molecule has 0 N–H and O–H groups in total. The second-order valence-corrected chi connectivity index (χ2v) is 7.03. The van der Waals surface area contributed by atoms with Crippen LogP contribution < -0.4 is 4.74 Å². The van der Waals surface area contributed by atoms with Gasteiger partial charge in [-0.1, -0.05) is 26.8 Å². The largest absolute Gasteiger partial charge is 0.481 e. The molecule has 2 aliphatic rings. The second kappa shape index (κ2) is 4.45. The predicted molar refractivity (Wildman–Crippen MR) is 82.4 cm³/mol. The molecule has 1 heterocycles. The zero-order valence-corrected chi connectivity index (χ0v) is 13.7. The van der Waals surface area contributed by atoms with E-state index in [1.54, 1.807) is 11.8 Å². The van der Waals surface area contributed by atoms with Gasteiger partial charge in [-0.05, 0) is 18.8 Å². The number of nitrogens with zero attached hydrogens (tertiary/aromatic N) is 3. The number of rotatable bonds is 1. The van der Waals surface area contributed by atoms with Crippen LogP contribution in [0.4, 0.5) is 0 Å². The highest BCUT2D eigenvalue weighted by atomic mass is 16.5. The van der Waals surface area contributed by atoms with Crippen LogP contribution >= 0.6 is 0 Å². The van der Waals surface area contributed by atoms with Crippen LogP contribution in [0.15, 0.2) is 11.8 Å². The van der Waals surface area contributed by atoms with E-state index >= 15 is 0 Å². The number of allylic oxidation sites excluding steroid dienone is 2. The maximum absolute atomic E-state index is 12.6. The number of ether oxygens (including phenoxy) is 1. The number of ketones is 1. The Morgan fingerprint density at radius 3 is 2.73 bits per heavy atom. The standard InChI is InChI=1S/C17H21N3O2/c1-16(2)12-8-7-10-13(19-20(5)15(10)22-6)17(12,3)9-11(18-4)14(16)21/h9,12H,7-8H2,1-3,5-6H3/t12-,17-/m0/s1. The highest BCUT2D eigenvalue weighted by Crippen LogP contribution is 2.55. The van der Waals surface area contributed by atoms with Crippen molar-refractivity contribution < 1.29 is 9.53 Å². The molecule has 5 nitrogen and oxygen atoms in total. The molecule has 1 aromatic heterocycles. The van der Waals surface area contributed by atoms with Gasteiger partial charge in [0.05, 0.1) is 19.4 Å². The van der Waals surface area contributed by atoms with E-state index in [-0.39, 0.29) is 17.4 Å². The molecule has 0 saturated carbocycles. The minimum absolute atomic E-state index is 0.0451. The van der Waals surface area contributed by atoms with Crippen molar-refractivity contribution in [1.82, 2.24) is 9.78 Å². The summed E-state index contributed by atoms with van der Waals surface area (Å²) in [4.78, 5) is 16.1. The smallest absolute Gasteiger partial charge is 0.226 e. The molecule has 0 saturated heterocycles. The van der Waals surface area contributed by atoms with Gasteiger partial charge in [0.1, 0.15) is 0 Å². The molecule has 2 aliphatic carbocycles. The van der Waals surface area contributed by atoms with E-state index in [1.807, 2.05) is 27.0 Å². The van der Waals surface area contributed by atoms with Crippen LogP contribution in [0.25, 0.3) is 4.85 Å². The van der Waals surface area contributed by atoms with Gasteiger partial charge in [0.25, 0.3) is 0 Å². The fraction of sp³-hybridized carbons (Fsp3) is 0.588. The molecular weight excluding hydrogens is 278 g/mol. The molecule has 0 fully saturated rings. The van der Waals surface area contributed by atoms with Crippen LogP contribution in [-0.4, -0.2) is 22.7 Å². The molecule has 3 rings (SSSR count). The fourth-order valence-electron chi connectivity index (χ4n) is 4.42. The average Bonchev–Trinajstić information content (AvgIpc) is 2.80. The van der Waals surface area contributed by atoms with Crippen molar-refractivity contribution in [2.75, 3.05) is 7.11 Å². The lowest BCUT2D eigenvalue weighted by molar-refractivity contribution is -0.128. The van der Waals surface area contributed by atoms with Crippen LogP contribution in [-0.2, 0) is 23.7 Å². The van der Waals surface area contributed by atoms with E-state index < -0.39 is 10.8 Å². The molecule has 22 heavy (non-hydrogen) atoms. The third-order valence-corrected chi connectivity index (χ3v) is 5.44. The molecule has 116 valence electrons. The molecule has 2 atom stereocenters. The number of carbonyl (C=O) groups excluding carboxylic acids is 1. The summed E-state index contributed by atoms with van der Waals surface area (Å²) in [5, 5.41) is 4.67. The normalized spacial score (nSPS) is 29.2. The third kappa shape index (κ3) is 1.64. The van der Waals surface area contributed by atoms with E-state index in [0.29, 0.717) is 0 Å². The van der Waals surface area contributed by atoms with E-state index in [9.17, 15) is 4.79 Å². The van der Waals surface area contributed by atoms with Gasteiger partial charge in [0.2, 0.25) is 11.6 Å². The first-order chi connectivity index (χ1) is 10.3. The van der Waals surface area contributed by atoms with Gasteiger partial charge in [-0.3, -0.25) is 0 Å². The highest BCUT2D eigenvalue weighted by molar-refractivity contribution is 6.02. The lowest BCUT2D eigenvalue weighted by Gasteiger charge is -2.49. The molecule has 0 radical (unpaired) electrons. The lowest BCUT2D eigenvalue weighted by atomic mass is 9.53. The molecule has 0 amide bonds. The summed E-state index contributed by atoms with van der Waals surface area (Å²) in [7, 11) is 3.52. The zero-order valence-electron chi connectivity index (χ0n) is 13.7. The van der Waals surface area contributed by atoms with Crippen molar-refractivity contribution in [3.8, 4) is 5.88 Å². The van der Waals surface area contributed by atoms with Crippen LogP contribution in [0.2, 0.25) is 0 Å². The number of methoxy groups -OCH3 is 1. The van der Waals surface area contributed by atoms with Crippen LogP contribution in [0.3, 0.4) is 0 Å². The number of hydrogen-bond acceptors (Lipinski definition) is 3. The van der Waals surface area contributed by atoms with Crippen molar-refractivity contribution in [3.63, 3.8) is 0 Å². The maximum atomic E-state index is 12.6. The second-order valence-electron chi connectivity index (χ2n) is 7.03. The minimum Gasteiger partial charge on any atom is -0.481 e. The number of aromatic nitrogens is 2. The molecule has 1 aromatic rings. The van der Waals surface area contributed by atoms with E-state index in [1.165, 1.54) is 0 Å². The van der Waals surface area contributed by atoms with E-state index in [0.717, 1.165) is 30.0 Å². The first-order valence-corrected chi connectivity index (χ1v) is 7.52. The lowest BCUT2D eigenvalue weighted by Crippen LogP contribution is -2.50. The monoisotopic (exact) mass is 299 g/mol. The molecule has 0 unspecified atom stereocenters. The highest BCUT2D eigenvalue weighted by Gasteiger charge is 2.55. The Kier molecular flexibility index (Phi) is 3.00. The first-order valence-electron chi connectivity index (χ1n) is 7.52. The summed E-state index contributed by atoms with van der Waals surface area (Å²) < 4.78 is 7.24. The SMILES string of the molecule is [C-]#[N+]C1=C[C@]2(C)c3nn(C)c(OC)c3CC[C@H]2C(C)(C)C1=O. The summed E-state index contributed by atoms with van der Waals surface area (Å²) in [5.41, 5.74) is 1.34.